The van der Waals surface area contributed by atoms with Crippen LogP contribution in [0.5, 0.6) is 0 Å². The van der Waals surface area contributed by atoms with Crippen LogP contribution in [0.2, 0.25) is 5.02 Å². The van der Waals surface area contributed by atoms with E-state index in [0.717, 1.165) is 37.2 Å². The summed E-state index contributed by atoms with van der Waals surface area (Å²) < 4.78 is 0. The van der Waals surface area contributed by atoms with Crippen molar-refractivity contribution in [3.05, 3.63) is 46.9 Å². The van der Waals surface area contributed by atoms with Gasteiger partial charge < -0.3 is 10.2 Å². The molecule has 5 nitrogen and oxygen atoms in total. The lowest BCUT2D eigenvalue weighted by Gasteiger charge is -2.19. The van der Waals surface area contributed by atoms with Gasteiger partial charge in [-0.2, -0.15) is 0 Å². The molecule has 1 N–H and O–H groups in total. The summed E-state index contributed by atoms with van der Waals surface area (Å²) in [6.07, 6.45) is 5.93. The van der Waals surface area contributed by atoms with Gasteiger partial charge in [0.2, 0.25) is 0 Å². The normalized spacial score (nSPS) is 15.0. The number of amides is 1. The number of hydrogen-bond acceptors (Lipinski definition) is 4. The van der Waals surface area contributed by atoms with Gasteiger partial charge >= 0.3 is 0 Å². The van der Waals surface area contributed by atoms with Crippen LogP contribution in [0.15, 0.2) is 30.6 Å². The number of likely N-dealkylation sites (tertiary alicyclic amines) is 1. The van der Waals surface area contributed by atoms with E-state index in [9.17, 15) is 4.79 Å². The average Bonchev–Trinajstić information content (AvgIpc) is 2.86. The molecule has 24 heavy (non-hydrogen) atoms. The lowest BCUT2D eigenvalue weighted by Crippen LogP contribution is -2.32. The lowest BCUT2D eigenvalue weighted by molar-refractivity contribution is 0.0755. The molecule has 1 fully saturated rings. The van der Waals surface area contributed by atoms with Crippen LogP contribution < -0.4 is 5.32 Å². The summed E-state index contributed by atoms with van der Waals surface area (Å²) in [6.45, 7) is 3.59. The minimum absolute atomic E-state index is 0.0184. The molecule has 0 unspecified atom stereocenters. The molecule has 1 aromatic heterocycles. The second-order valence-corrected chi connectivity index (χ2v) is 6.52. The summed E-state index contributed by atoms with van der Waals surface area (Å²) in [7, 11) is 0. The van der Waals surface area contributed by atoms with E-state index >= 15 is 0 Å². The zero-order valence-corrected chi connectivity index (χ0v) is 14.5. The minimum Gasteiger partial charge on any atom is -0.340 e. The van der Waals surface area contributed by atoms with E-state index in [1.165, 1.54) is 19.2 Å². The Kier molecular flexibility index (Phi) is 5.30. The van der Waals surface area contributed by atoms with Gasteiger partial charge in [-0.05, 0) is 43.5 Å². The van der Waals surface area contributed by atoms with Crippen molar-refractivity contribution in [1.82, 2.24) is 14.9 Å². The van der Waals surface area contributed by atoms with Gasteiger partial charge in [0.25, 0.3) is 5.91 Å². The minimum atomic E-state index is -0.0184. The molecule has 0 aliphatic carbocycles. The molecule has 0 spiro atoms. The molecule has 0 atom stereocenters. The zero-order valence-electron chi connectivity index (χ0n) is 13.8. The van der Waals surface area contributed by atoms with Gasteiger partial charge in [-0.3, -0.25) is 4.79 Å². The monoisotopic (exact) mass is 344 g/mol. The standard InChI is InChI=1S/C18H21ClN4O/c1-13-10-14(19)6-7-15(13)22-17-11-16(20-12-21-17)18(24)23-8-4-2-3-5-9-23/h6-7,10-12H,2-5,8-9H2,1H3,(H,20,21,22). The molecule has 1 aliphatic heterocycles. The molecular formula is C18H21ClN4O. The number of benzene rings is 1. The highest BCUT2D eigenvalue weighted by Gasteiger charge is 2.19. The molecule has 0 radical (unpaired) electrons. The molecule has 6 heteroatoms. The van der Waals surface area contributed by atoms with Crippen molar-refractivity contribution < 1.29 is 4.79 Å². The zero-order chi connectivity index (χ0) is 16.9. The van der Waals surface area contributed by atoms with Crippen molar-refractivity contribution in [3.63, 3.8) is 0 Å². The number of halogens is 1. The average molecular weight is 345 g/mol. The van der Waals surface area contributed by atoms with Gasteiger partial charge in [0.05, 0.1) is 0 Å². The molecular weight excluding hydrogens is 324 g/mol. The molecule has 1 saturated heterocycles. The summed E-state index contributed by atoms with van der Waals surface area (Å²) in [5, 5.41) is 3.92. The molecule has 1 aliphatic rings. The van der Waals surface area contributed by atoms with Crippen LogP contribution in [0.3, 0.4) is 0 Å². The molecule has 2 aromatic rings. The Bertz CT molecular complexity index is 727. The van der Waals surface area contributed by atoms with Crippen molar-refractivity contribution in [2.75, 3.05) is 18.4 Å². The highest BCUT2D eigenvalue weighted by atomic mass is 35.5. The molecule has 3 rings (SSSR count). The Morgan fingerprint density at radius 3 is 2.58 bits per heavy atom. The van der Waals surface area contributed by atoms with E-state index in [4.69, 9.17) is 11.6 Å². The maximum absolute atomic E-state index is 12.7. The summed E-state index contributed by atoms with van der Waals surface area (Å²) in [5.74, 6) is 0.587. The summed E-state index contributed by atoms with van der Waals surface area (Å²) in [5.41, 5.74) is 2.36. The van der Waals surface area contributed by atoms with Crippen molar-refractivity contribution in [1.29, 1.82) is 0 Å². The SMILES string of the molecule is Cc1cc(Cl)ccc1Nc1cc(C(=O)N2CCCCCC2)ncn1. The number of hydrogen-bond donors (Lipinski definition) is 1. The van der Waals surface area contributed by atoms with Crippen LogP contribution >= 0.6 is 11.6 Å². The van der Waals surface area contributed by atoms with E-state index < -0.39 is 0 Å². The highest BCUT2D eigenvalue weighted by molar-refractivity contribution is 6.30. The third-order valence-electron chi connectivity index (χ3n) is 4.23. The van der Waals surface area contributed by atoms with E-state index in [0.29, 0.717) is 16.5 Å². The molecule has 0 bridgehead atoms. The van der Waals surface area contributed by atoms with Gasteiger partial charge in [0, 0.05) is 29.9 Å². The van der Waals surface area contributed by atoms with Gasteiger partial charge in [0.15, 0.2) is 0 Å². The Hall–Kier alpha value is -2.14. The lowest BCUT2D eigenvalue weighted by atomic mass is 10.2. The fourth-order valence-electron chi connectivity index (χ4n) is 2.88. The molecule has 2 heterocycles. The van der Waals surface area contributed by atoms with E-state index in [1.807, 2.05) is 30.0 Å². The first kappa shape index (κ1) is 16.7. The van der Waals surface area contributed by atoms with Crippen molar-refractivity contribution in [3.8, 4) is 0 Å². The second kappa shape index (κ2) is 7.62. The first-order chi connectivity index (χ1) is 11.6. The molecule has 126 valence electrons. The van der Waals surface area contributed by atoms with E-state index in [1.54, 1.807) is 6.07 Å². The van der Waals surface area contributed by atoms with Crippen LogP contribution in [-0.2, 0) is 0 Å². The Morgan fingerprint density at radius 1 is 1.12 bits per heavy atom. The fourth-order valence-corrected chi connectivity index (χ4v) is 3.11. The van der Waals surface area contributed by atoms with Crippen LogP contribution in [0, 0.1) is 6.92 Å². The summed E-state index contributed by atoms with van der Waals surface area (Å²) in [6, 6.07) is 7.31. The van der Waals surface area contributed by atoms with Gasteiger partial charge in [0.1, 0.15) is 17.8 Å². The maximum Gasteiger partial charge on any atom is 0.272 e. The van der Waals surface area contributed by atoms with Crippen molar-refractivity contribution >= 4 is 29.0 Å². The third-order valence-corrected chi connectivity index (χ3v) is 4.47. The van der Waals surface area contributed by atoms with Gasteiger partial charge in [-0.25, -0.2) is 9.97 Å². The van der Waals surface area contributed by atoms with Crippen LogP contribution in [0.1, 0.15) is 41.7 Å². The highest BCUT2D eigenvalue weighted by Crippen LogP contribution is 2.23. The second-order valence-electron chi connectivity index (χ2n) is 6.08. The topological polar surface area (TPSA) is 58.1 Å². The summed E-state index contributed by atoms with van der Waals surface area (Å²) in [4.78, 5) is 22.9. The van der Waals surface area contributed by atoms with Gasteiger partial charge in [-0.1, -0.05) is 24.4 Å². The smallest absolute Gasteiger partial charge is 0.272 e. The third kappa shape index (κ3) is 4.03. The maximum atomic E-state index is 12.7. The predicted molar refractivity (Wildman–Crippen MR) is 95.9 cm³/mol. The first-order valence-corrected chi connectivity index (χ1v) is 8.66. The fraction of sp³-hybridized carbons (Fsp3) is 0.389. The van der Waals surface area contributed by atoms with Gasteiger partial charge in [-0.15, -0.1) is 0 Å². The number of rotatable bonds is 3. The quantitative estimate of drug-likeness (QED) is 0.906. The number of nitrogens with one attached hydrogen (secondary N) is 1. The van der Waals surface area contributed by atoms with Crippen molar-refractivity contribution in [2.45, 2.75) is 32.6 Å². The Labute approximate surface area is 147 Å². The van der Waals surface area contributed by atoms with Crippen molar-refractivity contribution in [2.24, 2.45) is 0 Å². The molecule has 1 amide bonds. The van der Waals surface area contributed by atoms with E-state index in [2.05, 4.69) is 15.3 Å². The van der Waals surface area contributed by atoms with Crippen LogP contribution in [-0.4, -0.2) is 33.9 Å². The number of aryl methyl sites for hydroxylation is 1. The Morgan fingerprint density at radius 2 is 1.88 bits per heavy atom. The largest absolute Gasteiger partial charge is 0.340 e. The Balaban J connectivity index is 1.77. The van der Waals surface area contributed by atoms with Crippen LogP contribution in [0.25, 0.3) is 0 Å². The number of anilines is 2. The van der Waals surface area contributed by atoms with Crippen LogP contribution in [0.4, 0.5) is 11.5 Å². The number of nitrogens with zero attached hydrogens (tertiary/aromatic N) is 3. The molecule has 0 saturated carbocycles. The predicted octanol–water partition coefficient (Wildman–Crippen LogP) is 4.20. The summed E-state index contributed by atoms with van der Waals surface area (Å²) >= 11 is 5.98. The number of carbonyl (C=O) groups is 1. The number of aromatic nitrogens is 2. The molecule has 1 aromatic carbocycles. The first-order valence-electron chi connectivity index (χ1n) is 8.28. The number of carbonyl (C=O) groups excluding carboxylic acids is 1. The van der Waals surface area contributed by atoms with E-state index in [-0.39, 0.29) is 5.91 Å².